The van der Waals surface area contributed by atoms with Crippen molar-refractivity contribution < 1.29 is 4.42 Å². The Labute approximate surface area is 302 Å². The molecule has 52 heavy (non-hydrogen) atoms. The summed E-state index contributed by atoms with van der Waals surface area (Å²) in [7, 11) is 0. The fraction of sp³-hybridized carbons (Fsp3) is 0.0196. The molecule has 1 heteroatoms. The third kappa shape index (κ3) is 5.54. The van der Waals surface area contributed by atoms with E-state index in [0.717, 1.165) is 28.4 Å². The Kier molecular flexibility index (Phi) is 7.29. The first-order valence-electron chi connectivity index (χ1n) is 17.9. The predicted molar refractivity (Wildman–Crippen MR) is 222 cm³/mol. The van der Waals surface area contributed by atoms with Gasteiger partial charge in [0.05, 0.1) is 0 Å². The van der Waals surface area contributed by atoms with E-state index in [1.165, 1.54) is 76.8 Å². The van der Waals surface area contributed by atoms with Crippen LogP contribution >= 0.6 is 0 Å². The van der Waals surface area contributed by atoms with Gasteiger partial charge in [0.1, 0.15) is 11.2 Å². The van der Waals surface area contributed by atoms with Crippen molar-refractivity contribution in [1.29, 1.82) is 0 Å². The van der Waals surface area contributed by atoms with Crippen LogP contribution in [0.3, 0.4) is 0 Å². The Bertz CT molecular complexity index is 2980. The molecule has 1 nitrogen and oxygen atoms in total. The van der Waals surface area contributed by atoms with E-state index in [1.54, 1.807) is 0 Å². The summed E-state index contributed by atoms with van der Waals surface area (Å²) in [6.45, 7) is 0. The van der Waals surface area contributed by atoms with Gasteiger partial charge in [0.2, 0.25) is 0 Å². The summed E-state index contributed by atoms with van der Waals surface area (Å²) in [4.78, 5) is 0. The van der Waals surface area contributed by atoms with Crippen LogP contribution in [0.4, 0.5) is 0 Å². The highest BCUT2D eigenvalue weighted by Crippen LogP contribution is 2.35. The summed E-state index contributed by atoms with van der Waals surface area (Å²) in [6.07, 6.45) is 3.16. The third-order valence-corrected chi connectivity index (χ3v) is 10.5. The molecule has 10 aromatic rings. The summed E-state index contributed by atoms with van der Waals surface area (Å²) in [6, 6.07) is 68.1. The van der Waals surface area contributed by atoms with Crippen molar-refractivity contribution in [1.82, 2.24) is 0 Å². The van der Waals surface area contributed by atoms with Crippen LogP contribution in [0.25, 0.3) is 88.2 Å². The lowest BCUT2D eigenvalue weighted by Crippen LogP contribution is -1.93. The molecular weight excluding hydrogens is 629 g/mol. The van der Waals surface area contributed by atoms with E-state index < -0.39 is 0 Å². The third-order valence-electron chi connectivity index (χ3n) is 10.5. The maximum absolute atomic E-state index is 6.25. The second-order valence-corrected chi connectivity index (χ2v) is 13.8. The molecule has 0 saturated carbocycles. The molecule has 0 aliphatic carbocycles. The lowest BCUT2D eigenvalue weighted by Gasteiger charge is -2.12. The van der Waals surface area contributed by atoms with Gasteiger partial charge in [-0.25, -0.2) is 0 Å². The smallest absolute Gasteiger partial charge is 0.136 e. The molecule has 0 bridgehead atoms. The normalized spacial score (nSPS) is 12.0. The number of hydrogen-bond acceptors (Lipinski definition) is 1. The van der Waals surface area contributed by atoms with Gasteiger partial charge in [-0.3, -0.25) is 0 Å². The van der Waals surface area contributed by atoms with Crippen LogP contribution < -0.4 is 0 Å². The van der Waals surface area contributed by atoms with Crippen LogP contribution in [0, 0.1) is 0 Å². The average Bonchev–Trinajstić information content (AvgIpc) is 3.60. The predicted octanol–water partition coefficient (Wildman–Crippen LogP) is 14.2. The molecule has 244 valence electrons. The van der Waals surface area contributed by atoms with Crippen molar-refractivity contribution in [3.05, 3.63) is 205 Å². The second-order valence-electron chi connectivity index (χ2n) is 13.8. The molecule has 0 amide bonds. The van der Waals surface area contributed by atoms with Gasteiger partial charge in [0, 0.05) is 10.8 Å². The fourth-order valence-corrected chi connectivity index (χ4v) is 7.75. The lowest BCUT2D eigenvalue weighted by molar-refractivity contribution is 0.669. The minimum absolute atomic E-state index is 0.803. The zero-order valence-corrected chi connectivity index (χ0v) is 28.6. The van der Waals surface area contributed by atoms with E-state index in [9.17, 15) is 0 Å². The van der Waals surface area contributed by atoms with Crippen molar-refractivity contribution in [2.45, 2.75) is 6.42 Å². The van der Waals surface area contributed by atoms with Crippen molar-refractivity contribution in [3.8, 4) is 22.3 Å². The molecule has 0 saturated heterocycles. The Balaban J connectivity index is 1.01. The number of hydrogen-bond donors (Lipinski definition) is 0. The molecule has 1 aromatic heterocycles. The second kappa shape index (κ2) is 12.6. The highest BCUT2D eigenvalue weighted by molar-refractivity contribution is 6.10. The molecule has 0 fully saturated rings. The number of furan rings is 1. The van der Waals surface area contributed by atoms with Gasteiger partial charge < -0.3 is 4.42 Å². The molecule has 0 unspecified atom stereocenters. The molecule has 1 heterocycles. The molecule has 0 spiro atoms. The quantitative estimate of drug-likeness (QED) is 0.162. The van der Waals surface area contributed by atoms with E-state index in [4.69, 9.17) is 4.42 Å². The maximum Gasteiger partial charge on any atom is 0.136 e. The van der Waals surface area contributed by atoms with Crippen molar-refractivity contribution in [2.75, 3.05) is 0 Å². The largest absolute Gasteiger partial charge is 0.456 e. The number of allylic oxidation sites excluding steroid dienone is 1. The van der Waals surface area contributed by atoms with Gasteiger partial charge in [0.15, 0.2) is 0 Å². The molecule has 0 atom stereocenters. The topological polar surface area (TPSA) is 13.1 Å². The lowest BCUT2D eigenvalue weighted by atomic mass is 9.92. The zero-order chi connectivity index (χ0) is 34.4. The maximum atomic E-state index is 6.25. The number of rotatable bonds is 6. The van der Waals surface area contributed by atoms with Crippen LogP contribution in [-0.4, -0.2) is 0 Å². The van der Waals surface area contributed by atoms with E-state index >= 15 is 0 Å². The molecule has 10 rings (SSSR count). The first-order valence-corrected chi connectivity index (χ1v) is 17.9. The highest BCUT2D eigenvalue weighted by atomic mass is 16.3. The van der Waals surface area contributed by atoms with Gasteiger partial charge in [0.25, 0.3) is 0 Å². The van der Waals surface area contributed by atoms with E-state index in [2.05, 4.69) is 182 Å². The minimum atomic E-state index is 0.803. The average molecular weight is 663 g/mol. The van der Waals surface area contributed by atoms with E-state index in [1.807, 2.05) is 12.1 Å². The van der Waals surface area contributed by atoms with Gasteiger partial charge in [-0.05, 0) is 120 Å². The Morgan fingerprint density at radius 3 is 1.67 bits per heavy atom. The molecular formula is C51H34O. The Morgan fingerprint density at radius 2 is 0.942 bits per heavy atom. The Hall–Kier alpha value is -6.70. The Morgan fingerprint density at radius 1 is 0.404 bits per heavy atom. The molecule has 0 N–H and O–H groups in total. The minimum Gasteiger partial charge on any atom is -0.456 e. The standard InChI is InChI=1S/C51H34O/c1-3-10-39-29-42(25-20-35(39)8-1)43-26-23-38-22-24-41(31-47(38)32-43)37-18-16-34(17-19-37)28-46(44-27-21-36-9-2-4-11-40(36)30-44)33-45-12-7-15-50-51(45)48-13-5-6-14-49(48)52-50/h1-27,29-33H,28H2/b46-33-. The first kappa shape index (κ1) is 30.2. The molecule has 0 aliphatic heterocycles. The van der Waals surface area contributed by atoms with Crippen LogP contribution in [0.2, 0.25) is 0 Å². The monoisotopic (exact) mass is 662 g/mol. The van der Waals surface area contributed by atoms with Crippen LogP contribution in [0.5, 0.6) is 0 Å². The molecule has 0 radical (unpaired) electrons. The molecule has 0 aliphatic rings. The van der Waals surface area contributed by atoms with Gasteiger partial charge in [-0.2, -0.15) is 0 Å². The summed E-state index contributed by atoms with van der Waals surface area (Å²) < 4.78 is 6.25. The summed E-state index contributed by atoms with van der Waals surface area (Å²) >= 11 is 0. The number of benzene rings is 9. The SMILES string of the molecule is C(=C(\Cc1ccc(-c2ccc3ccc(-c4ccc5ccccc5c4)cc3c2)cc1)c1ccc2ccccc2c1)/c1cccc2oc3ccccc3c12. The van der Waals surface area contributed by atoms with Gasteiger partial charge >= 0.3 is 0 Å². The summed E-state index contributed by atoms with van der Waals surface area (Å²) in [5.74, 6) is 0. The number of fused-ring (bicyclic) bond motifs is 6. The van der Waals surface area contributed by atoms with Crippen LogP contribution in [-0.2, 0) is 6.42 Å². The van der Waals surface area contributed by atoms with Crippen molar-refractivity contribution in [2.24, 2.45) is 0 Å². The van der Waals surface area contributed by atoms with Crippen LogP contribution in [0.15, 0.2) is 192 Å². The number of para-hydroxylation sites is 1. The van der Waals surface area contributed by atoms with Gasteiger partial charge in [-0.15, -0.1) is 0 Å². The summed E-state index contributed by atoms with van der Waals surface area (Å²) in [5.41, 5.74) is 11.7. The highest BCUT2D eigenvalue weighted by Gasteiger charge is 2.13. The van der Waals surface area contributed by atoms with Crippen molar-refractivity contribution in [3.63, 3.8) is 0 Å². The van der Waals surface area contributed by atoms with E-state index in [0.29, 0.717) is 0 Å². The van der Waals surface area contributed by atoms with Crippen LogP contribution in [0.1, 0.15) is 16.7 Å². The first-order chi connectivity index (χ1) is 25.7. The van der Waals surface area contributed by atoms with Crippen molar-refractivity contribution >= 4 is 65.9 Å². The zero-order valence-electron chi connectivity index (χ0n) is 28.6. The fourth-order valence-electron chi connectivity index (χ4n) is 7.75. The molecule has 9 aromatic carbocycles. The van der Waals surface area contributed by atoms with E-state index in [-0.39, 0.29) is 0 Å². The summed E-state index contributed by atoms with van der Waals surface area (Å²) in [5, 5.41) is 9.82. The van der Waals surface area contributed by atoms with Gasteiger partial charge in [-0.1, -0.05) is 158 Å².